The maximum absolute atomic E-state index is 10.6. The summed E-state index contributed by atoms with van der Waals surface area (Å²) >= 11 is 0. The zero-order chi connectivity index (χ0) is 14.3. The Morgan fingerprint density at radius 2 is 1.95 bits per heavy atom. The van der Waals surface area contributed by atoms with Gasteiger partial charge in [0.2, 0.25) is 0 Å². The maximum atomic E-state index is 10.6. The molecular formula is C12H10N6O2. The normalized spacial score (nSPS) is 10.8. The van der Waals surface area contributed by atoms with E-state index in [4.69, 9.17) is 5.73 Å². The van der Waals surface area contributed by atoms with E-state index < -0.39 is 4.92 Å². The Morgan fingerprint density at radius 1 is 1.25 bits per heavy atom. The summed E-state index contributed by atoms with van der Waals surface area (Å²) in [6.07, 6.45) is 0. The number of nitrogen functional groups attached to an aromatic ring is 1. The number of nitrogens with zero attached hydrogens (tertiary/aromatic N) is 4. The number of rotatable bonds is 2. The number of aryl methyl sites for hydroxylation is 1. The standard InChI is InChI=1S/C12H10N6O2/c1-6-9-10(13)16-17-12(9)15-11(14-6)7-2-4-8(5-3-7)18(19)20/h2-5H,1H3,(H3,13,14,15,16,17). The molecule has 0 saturated heterocycles. The molecule has 0 radical (unpaired) electrons. The van der Waals surface area contributed by atoms with Crippen LogP contribution in [0.4, 0.5) is 11.5 Å². The number of aromatic nitrogens is 4. The number of hydrogen-bond acceptors (Lipinski definition) is 6. The third-order valence-corrected chi connectivity index (χ3v) is 2.96. The molecule has 8 nitrogen and oxygen atoms in total. The van der Waals surface area contributed by atoms with Crippen molar-refractivity contribution in [2.75, 3.05) is 5.73 Å². The van der Waals surface area contributed by atoms with Crippen LogP contribution in [0.3, 0.4) is 0 Å². The van der Waals surface area contributed by atoms with Crippen LogP contribution in [0.15, 0.2) is 24.3 Å². The lowest BCUT2D eigenvalue weighted by Crippen LogP contribution is -1.95. The van der Waals surface area contributed by atoms with Gasteiger partial charge in [0.1, 0.15) is 0 Å². The summed E-state index contributed by atoms with van der Waals surface area (Å²) in [5, 5.41) is 17.9. The second kappa shape index (κ2) is 4.26. The Bertz CT molecular complexity index is 809. The van der Waals surface area contributed by atoms with Gasteiger partial charge in [0.05, 0.1) is 16.0 Å². The first-order valence-corrected chi connectivity index (χ1v) is 5.79. The predicted molar refractivity (Wildman–Crippen MR) is 72.9 cm³/mol. The fourth-order valence-corrected chi connectivity index (χ4v) is 1.99. The van der Waals surface area contributed by atoms with E-state index in [1.54, 1.807) is 12.1 Å². The number of nitrogens with two attached hydrogens (primary N) is 1. The summed E-state index contributed by atoms with van der Waals surface area (Å²) in [4.78, 5) is 18.9. The van der Waals surface area contributed by atoms with Crippen molar-refractivity contribution in [2.45, 2.75) is 6.92 Å². The fourth-order valence-electron chi connectivity index (χ4n) is 1.99. The van der Waals surface area contributed by atoms with E-state index in [2.05, 4.69) is 20.2 Å². The van der Waals surface area contributed by atoms with E-state index in [-0.39, 0.29) is 5.69 Å². The Labute approximate surface area is 112 Å². The molecule has 2 aromatic heterocycles. The fraction of sp³-hybridized carbons (Fsp3) is 0.0833. The van der Waals surface area contributed by atoms with Crippen LogP contribution in [-0.2, 0) is 0 Å². The van der Waals surface area contributed by atoms with Crippen molar-refractivity contribution < 1.29 is 4.92 Å². The smallest absolute Gasteiger partial charge is 0.269 e. The summed E-state index contributed by atoms with van der Waals surface area (Å²) in [5.74, 6) is 0.821. The number of aromatic amines is 1. The van der Waals surface area contributed by atoms with Gasteiger partial charge in [-0.3, -0.25) is 15.2 Å². The van der Waals surface area contributed by atoms with Crippen LogP contribution in [0, 0.1) is 17.0 Å². The number of benzene rings is 1. The van der Waals surface area contributed by atoms with E-state index in [1.807, 2.05) is 6.92 Å². The highest BCUT2D eigenvalue weighted by molar-refractivity contribution is 5.88. The van der Waals surface area contributed by atoms with Gasteiger partial charge in [0.25, 0.3) is 5.69 Å². The highest BCUT2D eigenvalue weighted by Gasteiger charge is 2.12. The molecule has 0 unspecified atom stereocenters. The number of non-ortho nitro benzene ring substituents is 1. The molecule has 2 heterocycles. The summed E-state index contributed by atoms with van der Waals surface area (Å²) in [6.45, 7) is 1.81. The summed E-state index contributed by atoms with van der Waals surface area (Å²) < 4.78 is 0. The molecule has 0 atom stereocenters. The summed E-state index contributed by atoms with van der Waals surface area (Å²) in [5.41, 5.74) is 7.68. The van der Waals surface area contributed by atoms with Crippen LogP contribution in [0.5, 0.6) is 0 Å². The average Bonchev–Trinajstić information content (AvgIpc) is 2.81. The molecule has 100 valence electrons. The third-order valence-electron chi connectivity index (χ3n) is 2.96. The highest BCUT2D eigenvalue weighted by Crippen LogP contribution is 2.24. The topological polar surface area (TPSA) is 124 Å². The van der Waals surface area contributed by atoms with Gasteiger partial charge < -0.3 is 5.73 Å². The Balaban J connectivity index is 2.12. The molecule has 0 spiro atoms. The van der Waals surface area contributed by atoms with Crippen LogP contribution in [0.2, 0.25) is 0 Å². The third kappa shape index (κ3) is 1.83. The van der Waals surface area contributed by atoms with Gasteiger partial charge in [0, 0.05) is 17.7 Å². The van der Waals surface area contributed by atoms with Crippen molar-refractivity contribution in [3.8, 4) is 11.4 Å². The average molecular weight is 270 g/mol. The largest absolute Gasteiger partial charge is 0.382 e. The van der Waals surface area contributed by atoms with Gasteiger partial charge in [-0.25, -0.2) is 9.97 Å². The molecule has 0 aliphatic rings. The molecule has 0 fully saturated rings. The molecular weight excluding hydrogens is 260 g/mol. The van der Waals surface area contributed by atoms with Crippen LogP contribution >= 0.6 is 0 Å². The molecule has 3 N–H and O–H groups in total. The molecule has 8 heteroatoms. The predicted octanol–water partition coefficient (Wildman–Crippen LogP) is 1.82. The number of fused-ring (bicyclic) bond motifs is 1. The Hall–Kier alpha value is -3.03. The summed E-state index contributed by atoms with van der Waals surface area (Å²) in [7, 11) is 0. The van der Waals surface area contributed by atoms with E-state index >= 15 is 0 Å². The molecule has 3 aromatic rings. The van der Waals surface area contributed by atoms with Gasteiger partial charge in [-0.2, -0.15) is 5.10 Å². The lowest BCUT2D eigenvalue weighted by molar-refractivity contribution is -0.384. The number of nitrogens with one attached hydrogen (secondary N) is 1. The van der Waals surface area contributed by atoms with Crippen molar-refractivity contribution in [3.63, 3.8) is 0 Å². The van der Waals surface area contributed by atoms with Gasteiger partial charge in [-0.15, -0.1) is 0 Å². The van der Waals surface area contributed by atoms with Crippen molar-refractivity contribution in [2.24, 2.45) is 0 Å². The van der Waals surface area contributed by atoms with Gasteiger partial charge in [-0.1, -0.05) is 0 Å². The molecule has 0 aliphatic heterocycles. The van der Waals surface area contributed by atoms with E-state index in [1.165, 1.54) is 12.1 Å². The molecule has 0 bridgehead atoms. The van der Waals surface area contributed by atoms with Crippen molar-refractivity contribution >= 4 is 22.5 Å². The van der Waals surface area contributed by atoms with Crippen molar-refractivity contribution in [3.05, 3.63) is 40.1 Å². The van der Waals surface area contributed by atoms with Gasteiger partial charge in [0.15, 0.2) is 17.3 Å². The van der Waals surface area contributed by atoms with E-state index in [9.17, 15) is 10.1 Å². The molecule has 0 saturated carbocycles. The monoisotopic (exact) mass is 270 g/mol. The lowest BCUT2D eigenvalue weighted by Gasteiger charge is -2.02. The molecule has 1 aromatic carbocycles. The number of H-pyrrole nitrogens is 1. The van der Waals surface area contributed by atoms with E-state index in [0.29, 0.717) is 33.9 Å². The SMILES string of the molecule is Cc1nc(-c2ccc([N+](=O)[O-])cc2)nc2[nH]nc(N)c12. The molecule has 0 amide bonds. The zero-order valence-electron chi connectivity index (χ0n) is 10.5. The van der Waals surface area contributed by atoms with E-state index in [0.717, 1.165) is 0 Å². The first kappa shape index (κ1) is 12.0. The lowest BCUT2D eigenvalue weighted by atomic mass is 10.2. The molecule has 3 rings (SSSR count). The number of anilines is 1. The second-order valence-corrected chi connectivity index (χ2v) is 4.27. The second-order valence-electron chi connectivity index (χ2n) is 4.27. The summed E-state index contributed by atoms with van der Waals surface area (Å²) in [6, 6.07) is 6.05. The first-order chi connectivity index (χ1) is 9.56. The molecule has 0 aliphatic carbocycles. The first-order valence-electron chi connectivity index (χ1n) is 5.79. The van der Waals surface area contributed by atoms with Gasteiger partial charge in [-0.05, 0) is 19.1 Å². The quantitative estimate of drug-likeness (QED) is 0.540. The zero-order valence-corrected chi connectivity index (χ0v) is 10.5. The number of hydrogen-bond donors (Lipinski definition) is 2. The minimum atomic E-state index is -0.450. The highest BCUT2D eigenvalue weighted by atomic mass is 16.6. The van der Waals surface area contributed by atoms with Crippen LogP contribution in [0.1, 0.15) is 5.69 Å². The Morgan fingerprint density at radius 3 is 2.60 bits per heavy atom. The van der Waals surface area contributed by atoms with Crippen LogP contribution in [0.25, 0.3) is 22.4 Å². The maximum Gasteiger partial charge on any atom is 0.269 e. The van der Waals surface area contributed by atoms with Crippen molar-refractivity contribution in [1.82, 2.24) is 20.2 Å². The van der Waals surface area contributed by atoms with Crippen LogP contribution < -0.4 is 5.73 Å². The number of nitro groups is 1. The number of nitro benzene ring substituents is 1. The minimum absolute atomic E-state index is 0.0253. The minimum Gasteiger partial charge on any atom is -0.382 e. The molecule has 20 heavy (non-hydrogen) atoms. The Kier molecular flexibility index (Phi) is 2.56. The van der Waals surface area contributed by atoms with Crippen molar-refractivity contribution in [1.29, 1.82) is 0 Å². The van der Waals surface area contributed by atoms with Crippen LogP contribution in [-0.4, -0.2) is 25.1 Å². The van der Waals surface area contributed by atoms with Gasteiger partial charge >= 0.3 is 0 Å².